The largest absolute Gasteiger partial charge is 0.392 e. The van der Waals surface area contributed by atoms with Gasteiger partial charge in [0.05, 0.1) is 18.0 Å². The minimum absolute atomic E-state index is 0.190. The molecule has 4 heterocycles. The molecule has 0 aliphatic carbocycles. The molecule has 0 saturated carbocycles. The molecule has 2 unspecified atom stereocenters. The van der Waals surface area contributed by atoms with Crippen molar-refractivity contribution in [2.75, 3.05) is 23.7 Å². The van der Waals surface area contributed by atoms with Crippen LogP contribution < -0.4 is 16.0 Å². The van der Waals surface area contributed by atoms with E-state index in [4.69, 9.17) is 9.97 Å². The van der Waals surface area contributed by atoms with Gasteiger partial charge in [0.2, 0.25) is 11.9 Å². The molecule has 34 heavy (non-hydrogen) atoms. The van der Waals surface area contributed by atoms with Gasteiger partial charge in [0.25, 0.3) is 0 Å². The summed E-state index contributed by atoms with van der Waals surface area (Å²) < 4.78 is 1.75. The topological polar surface area (TPSA) is 112 Å². The number of aliphatic hydroxyl groups excluding tert-OH is 1. The minimum atomic E-state index is -0.295. The summed E-state index contributed by atoms with van der Waals surface area (Å²) >= 11 is 0. The fraction of sp³-hybridized carbons (Fsp3) is 0.360. The van der Waals surface area contributed by atoms with E-state index < -0.39 is 0 Å². The van der Waals surface area contributed by atoms with Gasteiger partial charge in [-0.1, -0.05) is 50.2 Å². The summed E-state index contributed by atoms with van der Waals surface area (Å²) in [7, 11) is 0. The average Bonchev–Trinajstić information content (AvgIpc) is 3.48. The van der Waals surface area contributed by atoms with Crippen molar-refractivity contribution in [2.45, 2.75) is 44.9 Å². The lowest BCUT2D eigenvalue weighted by Gasteiger charge is -2.14. The molecule has 9 nitrogen and oxygen atoms in total. The Morgan fingerprint density at radius 2 is 1.94 bits per heavy atom. The molecule has 0 spiro atoms. The quantitative estimate of drug-likeness (QED) is 0.319. The molecule has 4 aromatic rings. The maximum absolute atomic E-state index is 9.76. The van der Waals surface area contributed by atoms with Crippen molar-refractivity contribution in [1.82, 2.24) is 29.9 Å². The van der Waals surface area contributed by atoms with Crippen LogP contribution in [0.4, 0.5) is 11.9 Å². The third-order valence-corrected chi connectivity index (χ3v) is 6.07. The lowest BCUT2D eigenvalue weighted by molar-refractivity contribution is 0.193. The zero-order valence-corrected chi connectivity index (χ0v) is 19.4. The monoisotopic (exact) mass is 458 g/mol. The molecule has 1 fully saturated rings. The minimum Gasteiger partial charge on any atom is -0.392 e. The molecule has 3 aromatic heterocycles. The Morgan fingerprint density at radius 1 is 1.09 bits per heavy atom. The van der Waals surface area contributed by atoms with Crippen LogP contribution in [0.5, 0.6) is 0 Å². The van der Waals surface area contributed by atoms with Gasteiger partial charge in [-0.2, -0.15) is 19.6 Å². The number of anilines is 2. The van der Waals surface area contributed by atoms with Crippen molar-refractivity contribution in [3.63, 3.8) is 0 Å². The second kappa shape index (κ2) is 9.74. The van der Waals surface area contributed by atoms with Crippen LogP contribution in [0.1, 0.15) is 37.3 Å². The summed E-state index contributed by atoms with van der Waals surface area (Å²) in [4.78, 5) is 14.0. The van der Waals surface area contributed by atoms with Gasteiger partial charge >= 0.3 is 0 Å². The van der Waals surface area contributed by atoms with Gasteiger partial charge in [-0.3, -0.25) is 4.98 Å². The summed E-state index contributed by atoms with van der Waals surface area (Å²) in [5, 5.41) is 24.3. The Hall–Kier alpha value is -3.56. The van der Waals surface area contributed by atoms with Crippen molar-refractivity contribution in [2.24, 2.45) is 0 Å². The molecule has 1 saturated heterocycles. The first-order valence-electron chi connectivity index (χ1n) is 11.7. The van der Waals surface area contributed by atoms with E-state index in [-0.39, 0.29) is 18.1 Å². The third-order valence-electron chi connectivity index (χ3n) is 6.07. The van der Waals surface area contributed by atoms with Gasteiger partial charge in [-0.05, 0) is 24.0 Å². The first kappa shape index (κ1) is 22.2. The van der Waals surface area contributed by atoms with Gasteiger partial charge in [-0.15, -0.1) is 0 Å². The molecule has 0 amide bonds. The van der Waals surface area contributed by atoms with Gasteiger partial charge in [0, 0.05) is 43.0 Å². The van der Waals surface area contributed by atoms with Crippen LogP contribution in [0.2, 0.25) is 0 Å². The van der Waals surface area contributed by atoms with Crippen molar-refractivity contribution >= 4 is 17.5 Å². The van der Waals surface area contributed by atoms with E-state index in [1.54, 1.807) is 4.52 Å². The van der Waals surface area contributed by atoms with Crippen molar-refractivity contribution in [1.29, 1.82) is 0 Å². The normalized spacial score (nSPS) is 18.0. The highest BCUT2D eigenvalue weighted by Crippen LogP contribution is 2.23. The Balaban J connectivity index is 1.35. The van der Waals surface area contributed by atoms with Crippen LogP contribution in [0.3, 0.4) is 0 Å². The molecule has 1 aliphatic heterocycles. The first-order valence-corrected chi connectivity index (χ1v) is 11.7. The van der Waals surface area contributed by atoms with E-state index in [1.165, 1.54) is 0 Å². The number of fused-ring (bicyclic) bond motifs is 1. The third kappa shape index (κ3) is 4.85. The zero-order valence-electron chi connectivity index (χ0n) is 19.4. The highest BCUT2D eigenvalue weighted by molar-refractivity contribution is 5.59. The smallest absolute Gasteiger partial charge is 0.229 e. The molecule has 0 bridgehead atoms. The number of rotatable bonds is 8. The van der Waals surface area contributed by atoms with E-state index in [0.717, 1.165) is 34.5 Å². The number of pyridine rings is 1. The van der Waals surface area contributed by atoms with Crippen LogP contribution >= 0.6 is 0 Å². The Labute approximate surface area is 198 Å². The number of hydrogen-bond donors (Lipinski definition) is 4. The van der Waals surface area contributed by atoms with Crippen LogP contribution in [-0.4, -0.2) is 54.9 Å². The number of hydrogen-bond acceptors (Lipinski definition) is 8. The van der Waals surface area contributed by atoms with Crippen molar-refractivity contribution in [3.8, 4) is 11.3 Å². The molecule has 2 atom stereocenters. The maximum atomic E-state index is 9.76. The fourth-order valence-electron chi connectivity index (χ4n) is 4.15. The predicted octanol–water partition coefficient (Wildman–Crippen LogP) is 3.06. The highest BCUT2D eigenvalue weighted by Gasteiger charge is 2.22. The summed E-state index contributed by atoms with van der Waals surface area (Å²) in [5.41, 5.74) is 4.93. The Kier molecular flexibility index (Phi) is 6.37. The van der Waals surface area contributed by atoms with E-state index in [1.807, 2.05) is 36.7 Å². The number of aliphatic hydroxyl groups is 1. The maximum Gasteiger partial charge on any atom is 0.229 e. The molecule has 1 aliphatic rings. The fourth-order valence-corrected chi connectivity index (χ4v) is 4.15. The van der Waals surface area contributed by atoms with Crippen LogP contribution in [0, 0.1) is 0 Å². The number of β-amino-alcohol motifs (C(OH)–C–C–N with tert-alkyl or cyclic N) is 1. The predicted molar refractivity (Wildman–Crippen MR) is 133 cm³/mol. The van der Waals surface area contributed by atoms with Gasteiger partial charge in [0.1, 0.15) is 0 Å². The first-order chi connectivity index (χ1) is 16.6. The number of nitrogens with zero attached hydrogens (tertiary/aromatic N) is 5. The molecule has 9 heteroatoms. The molecule has 5 rings (SSSR count). The van der Waals surface area contributed by atoms with Gasteiger partial charge in [0.15, 0.2) is 5.65 Å². The highest BCUT2D eigenvalue weighted by atomic mass is 16.3. The lowest BCUT2D eigenvalue weighted by Crippen LogP contribution is -2.30. The van der Waals surface area contributed by atoms with E-state index in [0.29, 0.717) is 31.5 Å². The summed E-state index contributed by atoms with van der Waals surface area (Å²) in [6, 6.07) is 14.4. The van der Waals surface area contributed by atoms with Crippen LogP contribution in [0.25, 0.3) is 16.9 Å². The summed E-state index contributed by atoms with van der Waals surface area (Å²) in [6.07, 6.45) is 4.16. The number of nitrogens with one attached hydrogen (secondary N) is 3. The number of aromatic nitrogens is 5. The van der Waals surface area contributed by atoms with Crippen molar-refractivity contribution in [3.05, 3.63) is 66.0 Å². The molecular weight excluding hydrogens is 428 g/mol. The van der Waals surface area contributed by atoms with Gasteiger partial charge < -0.3 is 21.1 Å². The van der Waals surface area contributed by atoms with E-state index in [2.05, 4.69) is 58.1 Å². The Morgan fingerprint density at radius 3 is 2.65 bits per heavy atom. The van der Waals surface area contributed by atoms with Crippen molar-refractivity contribution < 1.29 is 5.11 Å². The molecule has 176 valence electrons. The lowest BCUT2D eigenvalue weighted by atomic mass is 10.1. The zero-order chi connectivity index (χ0) is 23.5. The van der Waals surface area contributed by atoms with Crippen LogP contribution in [-0.2, 0) is 6.54 Å². The molecule has 0 radical (unpaired) electrons. The van der Waals surface area contributed by atoms with Crippen LogP contribution in [0.15, 0.2) is 54.9 Å². The van der Waals surface area contributed by atoms with E-state index >= 15 is 0 Å². The molecular formula is C25H30N8O. The average molecular weight is 459 g/mol. The second-order valence-electron chi connectivity index (χ2n) is 9.01. The molecule has 1 aromatic carbocycles. The molecule has 4 N–H and O–H groups in total. The summed E-state index contributed by atoms with van der Waals surface area (Å²) in [5.74, 6) is 1.44. The standard InChI is InChI=1S/C25H30N8O/c1-16(2)21-15-30-33-23(21)31-24(28-13-19-10-20(34)14-26-19)32-25(33)29-12-17-8-9-22(27-11-17)18-6-4-3-5-7-18/h3-9,11,15-16,19-20,26,34H,10,12-14H2,1-2H3,(H2,28,29,31,32). The van der Waals surface area contributed by atoms with Gasteiger partial charge in [-0.25, -0.2) is 0 Å². The van der Waals surface area contributed by atoms with E-state index in [9.17, 15) is 5.11 Å². The Bertz CT molecular complexity index is 1240. The summed E-state index contributed by atoms with van der Waals surface area (Å²) in [6.45, 7) is 6.08. The SMILES string of the molecule is CC(C)c1cnn2c(NCc3ccc(-c4ccccc4)nc3)nc(NCC3CC(O)CN3)nc12. The second-order valence-corrected chi connectivity index (χ2v) is 9.01. The number of benzene rings is 1.